The first-order valence-corrected chi connectivity index (χ1v) is 2.22. The fraction of sp³-hybridized carbons (Fsp3) is 0.200. The van der Waals surface area contributed by atoms with E-state index in [0.29, 0.717) is 18.1 Å². The maximum absolute atomic E-state index is 6.53. The van der Waals surface area contributed by atoms with Crippen molar-refractivity contribution in [3.05, 3.63) is 23.2 Å². The maximum Gasteiger partial charge on any atom is 0.225 e. The second-order valence-electron chi connectivity index (χ2n) is 1.43. The molecule has 1 aliphatic heterocycles. The van der Waals surface area contributed by atoms with E-state index in [1.807, 2.05) is 0 Å². The van der Waals surface area contributed by atoms with Crippen molar-refractivity contribution in [2.45, 2.75) is 0 Å². The van der Waals surface area contributed by atoms with Crippen molar-refractivity contribution in [1.29, 1.82) is 0 Å². The SMILES string of the molecule is [C-]#[N+]C1=CCN=C1N. The molecule has 0 bridgehead atoms. The molecule has 0 amide bonds. The average molecular weight is 107 g/mol. The summed E-state index contributed by atoms with van der Waals surface area (Å²) in [4.78, 5) is 6.90. The smallest absolute Gasteiger partial charge is 0.225 e. The van der Waals surface area contributed by atoms with Gasteiger partial charge in [0.15, 0.2) is 0 Å². The first-order chi connectivity index (χ1) is 3.84. The summed E-state index contributed by atoms with van der Waals surface area (Å²) in [6.45, 7) is 7.10. The first kappa shape index (κ1) is 4.85. The molecule has 0 radical (unpaired) electrons. The lowest BCUT2D eigenvalue weighted by atomic mass is 10.4. The fourth-order valence-electron chi connectivity index (χ4n) is 0.519. The third-order valence-electron chi connectivity index (χ3n) is 0.929. The van der Waals surface area contributed by atoms with Crippen LogP contribution in [0.15, 0.2) is 16.8 Å². The van der Waals surface area contributed by atoms with Gasteiger partial charge < -0.3 is 5.73 Å². The monoisotopic (exact) mass is 107 g/mol. The molecule has 3 nitrogen and oxygen atoms in total. The summed E-state index contributed by atoms with van der Waals surface area (Å²) >= 11 is 0. The van der Waals surface area contributed by atoms with Gasteiger partial charge in [-0.15, -0.1) is 0 Å². The van der Waals surface area contributed by atoms with Crippen molar-refractivity contribution >= 4 is 5.84 Å². The van der Waals surface area contributed by atoms with Crippen molar-refractivity contribution in [3.63, 3.8) is 0 Å². The zero-order chi connectivity index (χ0) is 5.98. The number of aliphatic imine (C=N–C) groups is 1. The van der Waals surface area contributed by atoms with Crippen molar-refractivity contribution in [2.75, 3.05) is 6.54 Å². The van der Waals surface area contributed by atoms with E-state index in [1.54, 1.807) is 6.08 Å². The van der Waals surface area contributed by atoms with Crippen LogP contribution in [0.25, 0.3) is 4.85 Å². The van der Waals surface area contributed by atoms with Crippen LogP contribution >= 0.6 is 0 Å². The van der Waals surface area contributed by atoms with Crippen LogP contribution in [0.3, 0.4) is 0 Å². The Bertz CT molecular complexity index is 194. The molecule has 3 heteroatoms. The highest BCUT2D eigenvalue weighted by Crippen LogP contribution is 2.02. The second-order valence-corrected chi connectivity index (χ2v) is 1.43. The molecule has 0 aliphatic carbocycles. The number of hydrogen-bond acceptors (Lipinski definition) is 2. The molecule has 0 unspecified atom stereocenters. The molecule has 2 N–H and O–H groups in total. The third-order valence-corrected chi connectivity index (χ3v) is 0.929. The standard InChI is InChI=1S/C5H5N3/c1-7-4-2-3-8-5(4)6/h2H,3H2,(H2,6,8). The Morgan fingerprint density at radius 2 is 2.62 bits per heavy atom. The summed E-state index contributed by atoms with van der Waals surface area (Å²) in [7, 11) is 0. The number of rotatable bonds is 0. The molecular formula is C5H5N3. The number of hydrogen-bond donors (Lipinski definition) is 1. The van der Waals surface area contributed by atoms with E-state index in [-0.39, 0.29) is 0 Å². The highest BCUT2D eigenvalue weighted by atomic mass is 14.9. The highest BCUT2D eigenvalue weighted by Gasteiger charge is 2.04. The molecule has 0 aromatic rings. The van der Waals surface area contributed by atoms with Gasteiger partial charge in [0.05, 0.1) is 6.57 Å². The topological polar surface area (TPSA) is 42.7 Å². The summed E-state index contributed by atoms with van der Waals surface area (Å²) in [5, 5.41) is 0. The summed E-state index contributed by atoms with van der Waals surface area (Å²) in [6, 6.07) is 0. The quantitative estimate of drug-likeness (QED) is 0.440. The summed E-state index contributed by atoms with van der Waals surface area (Å²) < 4.78 is 0. The largest absolute Gasteiger partial charge is 0.393 e. The Hall–Kier alpha value is -1.30. The zero-order valence-electron chi connectivity index (χ0n) is 4.26. The van der Waals surface area contributed by atoms with Crippen LogP contribution in [0.4, 0.5) is 0 Å². The van der Waals surface area contributed by atoms with Crippen molar-refractivity contribution in [3.8, 4) is 0 Å². The predicted molar refractivity (Wildman–Crippen MR) is 31.2 cm³/mol. The molecule has 0 saturated heterocycles. The van der Waals surface area contributed by atoms with Crippen molar-refractivity contribution in [1.82, 2.24) is 0 Å². The lowest BCUT2D eigenvalue weighted by molar-refractivity contribution is 1.27. The van der Waals surface area contributed by atoms with Gasteiger partial charge in [-0.25, -0.2) is 4.85 Å². The molecule has 1 heterocycles. The molecule has 0 aromatic carbocycles. The van der Waals surface area contributed by atoms with E-state index in [9.17, 15) is 0 Å². The molecule has 1 aliphatic rings. The van der Waals surface area contributed by atoms with Crippen LogP contribution in [-0.4, -0.2) is 12.4 Å². The van der Waals surface area contributed by atoms with E-state index in [0.717, 1.165) is 0 Å². The Balaban J connectivity index is 2.86. The Morgan fingerprint density at radius 3 is 2.88 bits per heavy atom. The van der Waals surface area contributed by atoms with Gasteiger partial charge in [0.25, 0.3) is 0 Å². The molecule has 40 valence electrons. The van der Waals surface area contributed by atoms with Gasteiger partial charge in [-0.2, -0.15) is 0 Å². The van der Waals surface area contributed by atoms with Gasteiger partial charge in [-0.05, 0) is 0 Å². The van der Waals surface area contributed by atoms with Gasteiger partial charge in [0.2, 0.25) is 5.70 Å². The highest BCUT2D eigenvalue weighted by molar-refractivity contribution is 6.00. The molecule has 0 aromatic heterocycles. The van der Waals surface area contributed by atoms with E-state index in [4.69, 9.17) is 12.3 Å². The van der Waals surface area contributed by atoms with Crippen molar-refractivity contribution < 1.29 is 0 Å². The minimum Gasteiger partial charge on any atom is -0.393 e. The molecule has 0 fully saturated rings. The van der Waals surface area contributed by atoms with Gasteiger partial charge in [-0.3, -0.25) is 4.99 Å². The molecular weight excluding hydrogens is 102 g/mol. The van der Waals surface area contributed by atoms with Crippen LogP contribution in [0.1, 0.15) is 0 Å². The Morgan fingerprint density at radius 1 is 1.88 bits per heavy atom. The summed E-state index contributed by atoms with van der Waals surface area (Å²) in [5.41, 5.74) is 5.75. The van der Waals surface area contributed by atoms with E-state index < -0.39 is 0 Å². The van der Waals surface area contributed by atoms with Gasteiger partial charge in [0.1, 0.15) is 5.84 Å². The summed E-state index contributed by atoms with van der Waals surface area (Å²) in [5.74, 6) is 0.375. The van der Waals surface area contributed by atoms with Crippen molar-refractivity contribution in [2.24, 2.45) is 10.7 Å². The third kappa shape index (κ3) is 0.562. The first-order valence-electron chi connectivity index (χ1n) is 2.22. The fourth-order valence-corrected chi connectivity index (χ4v) is 0.519. The van der Waals surface area contributed by atoms with Crippen LogP contribution in [-0.2, 0) is 0 Å². The lowest BCUT2D eigenvalue weighted by Crippen LogP contribution is -2.09. The minimum absolute atomic E-state index is 0.375. The zero-order valence-corrected chi connectivity index (χ0v) is 4.26. The molecule has 1 rings (SSSR count). The molecule has 8 heavy (non-hydrogen) atoms. The van der Waals surface area contributed by atoms with Gasteiger partial charge in [-0.1, -0.05) is 6.08 Å². The van der Waals surface area contributed by atoms with E-state index in [1.165, 1.54) is 0 Å². The lowest BCUT2D eigenvalue weighted by Gasteiger charge is -1.83. The molecule has 0 saturated carbocycles. The normalized spacial score (nSPS) is 16.9. The van der Waals surface area contributed by atoms with E-state index in [2.05, 4.69) is 9.84 Å². The second kappa shape index (κ2) is 1.66. The summed E-state index contributed by atoms with van der Waals surface area (Å²) in [6.07, 6.45) is 1.71. The van der Waals surface area contributed by atoms with Crippen LogP contribution in [0.5, 0.6) is 0 Å². The number of nitrogens with two attached hydrogens (primary N) is 1. The Kier molecular flexibility index (Phi) is 1.01. The van der Waals surface area contributed by atoms with Gasteiger partial charge in [0, 0.05) is 6.54 Å². The van der Waals surface area contributed by atoms with Crippen LogP contribution < -0.4 is 5.73 Å². The number of nitrogens with zero attached hydrogens (tertiary/aromatic N) is 2. The Labute approximate surface area is 47.3 Å². The molecule has 0 spiro atoms. The molecule has 0 atom stereocenters. The predicted octanol–water partition coefficient (Wildman–Crippen LogP) is 0.160. The average Bonchev–Trinajstić information content (AvgIpc) is 2.14. The minimum atomic E-state index is 0.375. The van der Waals surface area contributed by atoms with Crippen LogP contribution in [0, 0.1) is 6.57 Å². The van der Waals surface area contributed by atoms with E-state index >= 15 is 0 Å². The maximum atomic E-state index is 6.53. The number of amidine groups is 1. The van der Waals surface area contributed by atoms with Gasteiger partial charge >= 0.3 is 0 Å². The van der Waals surface area contributed by atoms with Crippen LogP contribution in [0.2, 0.25) is 0 Å².